The van der Waals surface area contributed by atoms with E-state index in [1.807, 2.05) is 32.9 Å². The van der Waals surface area contributed by atoms with Crippen molar-refractivity contribution >= 4 is 29.4 Å². The summed E-state index contributed by atoms with van der Waals surface area (Å²) in [7, 11) is 0. The molecule has 0 aliphatic carbocycles. The van der Waals surface area contributed by atoms with E-state index in [2.05, 4.69) is 5.32 Å². The van der Waals surface area contributed by atoms with Crippen LogP contribution >= 0.6 is 0 Å². The fraction of sp³-hybridized carbons (Fsp3) is 0.333. The van der Waals surface area contributed by atoms with Crippen LogP contribution in [-0.4, -0.2) is 41.2 Å². The molecule has 1 atom stereocenters. The van der Waals surface area contributed by atoms with Crippen LogP contribution in [-0.2, 0) is 16.0 Å². The normalized spacial score (nSPS) is 13.9. The van der Waals surface area contributed by atoms with Gasteiger partial charge in [0.15, 0.2) is 6.10 Å². The van der Waals surface area contributed by atoms with Crippen molar-refractivity contribution in [2.75, 3.05) is 11.9 Å². The van der Waals surface area contributed by atoms with Gasteiger partial charge in [-0.25, -0.2) is 4.79 Å². The number of carbonyl (C=O) groups excluding carboxylic acids is 4. The highest BCUT2D eigenvalue weighted by Crippen LogP contribution is 2.25. The Bertz CT molecular complexity index is 1030. The van der Waals surface area contributed by atoms with Crippen LogP contribution in [0, 0.1) is 5.92 Å². The lowest BCUT2D eigenvalue weighted by molar-refractivity contribution is -0.123. The van der Waals surface area contributed by atoms with E-state index in [0.29, 0.717) is 12.2 Å². The highest BCUT2D eigenvalue weighted by Gasteiger charge is 2.36. The first kappa shape index (κ1) is 22.2. The minimum atomic E-state index is -1.04. The Morgan fingerprint density at radius 2 is 1.61 bits per heavy atom. The number of rotatable bonds is 7. The lowest BCUT2D eigenvalue weighted by Crippen LogP contribution is -2.33. The summed E-state index contributed by atoms with van der Waals surface area (Å²) in [4.78, 5) is 51.1. The molecule has 1 aliphatic heterocycles. The van der Waals surface area contributed by atoms with Crippen LogP contribution < -0.4 is 5.32 Å². The molecule has 7 nitrogen and oxygen atoms in total. The monoisotopic (exact) mass is 422 g/mol. The zero-order valence-corrected chi connectivity index (χ0v) is 18.1. The molecule has 31 heavy (non-hydrogen) atoms. The Hall–Kier alpha value is -3.48. The van der Waals surface area contributed by atoms with Gasteiger partial charge >= 0.3 is 5.97 Å². The summed E-state index contributed by atoms with van der Waals surface area (Å²) in [5.74, 6) is -1.87. The molecule has 1 aliphatic rings. The molecule has 1 heterocycles. The van der Waals surface area contributed by atoms with Crippen molar-refractivity contribution in [3.8, 4) is 0 Å². The molecule has 0 aromatic heterocycles. The summed E-state index contributed by atoms with van der Waals surface area (Å²) in [5, 5.41) is 2.71. The van der Waals surface area contributed by atoms with Gasteiger partial charge in [-0.1, -0.05) is 32.9 Å². The van der Waals surface area contributed by atoms with E-state index in [1.165, 1.54) is 30.0 Å². The van der Waals surface area contributed by atoms with Gasteiger partial charge in [0.25, 0.3) is 17.7 Å². The average molecular weight is 422 g/mol. The number of benzene rings is 2. The van der Waals surface area contributed by atoms with Gasteiger partial charge < -0.3 is 10.1 Å². The summed E-state index contributed by atoms with van der Waals surface area (Å²) in [6.07, 6.45) is -0.145. The van der Waals surface area contributed by atoms with Crippen LogP contribution in [0.1, 0.15) is 64.3 Å². The third-order valence-corrected chi connectivity index (χ3v) is 5.04. The number of nitrogens with zero attached hydrogens (tertiary/aromatic N) is 1. The molecule has 1 N–H and O–H groups in total. The molecule has 0 bridgehead atoms. The maximum atomic E-state index is 12.6. The Morgan fingerprint density at radius 3 is 2.23 bits per heavy atom. The number of fused-ring (bicyclic) bond motifs is 1. The molecule has 7 heteroatoms. The van der Waals surface area contributed by atoms with Crippen LogP contribution in [0.4, 0.5) is 5.69 Å². The number of anilines is 1. The van der Waals surface area contributed by atoms with E-state index < -0.39 is 23.9 Å². The standard InChI is InChI=1S/C24H26N2O5/c1-5-16-6-9-18(10-7-16)25-21(27)15(4)31-24(30)17-8-11-19-20(12-17)23(29)26(22(19)28)13-14(2)3/h6-12,14-15H,5,13H2,1-4H3,(H,25,27)/t15-/m0/s1. The SMILES string of the molecule is CCc1ccc(NC(=O)[C@H](C)OC(=O)c2ccc3c(c2)C(=O)N(CC(C)C)C3=O)cc1. The molecular formula is C24H26N2O5. The van der Waals surface area contributed by atoms with Gasteiger partial charge in [-0.3, -0.25) is 19.3 Å². The minimum absolute atomic E-state index is 0.109. The number of aryl methyl sites for hydroxylation is 1. The fourth-order valence-electron chi connectivity index (χ4n) is 3.30. The summed E-state index contributed by atoms with van der Waals surface area (Å²) >= 11 is 0. The molecule has 0 saturated carbocycles. The van der Waals surface area contributed by atoms with Crippen molar-refractivity contribution in [3.63, 3.8) is 0 Å². The second-order valence-corrected chi connectivity index (χ2v) is 7.96. The van der Waals surface area contributed by atoms with Gasteiger partial charge in [0.2, 0.25) is 0 Å². The summed E-state index contributed by atoms with van der Waals surface area (Å²) in [6.45, 7) is 7.65. The predicted octanol–water partition coefficient (Wildman–Crippen LogP) is 3.69. The van der Waals surface area contributed by atoms with E-state index in [4.69, 9.17) is 4.74 Å². The fourth-order valence-corrected chi connectivity index (χ4v) is 3.30. The number of hydrogen-bond acceptors (Lipinski definition) is 5. The Labute approximate surface area is 181 Å². The van der Waals surface area contributed by atoms with Crippen molar-refractivity contribution in [2.45, 2.75) is 40.2 Å². The summed E-state index contributed by atoms with van der Waals surface area (Å²) < 4.78 is 5.27. The molecule has 0 fully saturated rings. The van der Waals surface area contributed by atoms with E-state index in [9.17, 15) is 19.2 Å². The van der Waals surface area contributed by atoms with Gasteiger partial charge in [-0.2, -0.15) is 0 Å². The zero-order chi connectivity index (χ0) is 22.7. The number of nitrogens with one attached hydrogen (secondary N) is 1. The predicted molar refractivity (Wildman–Crippen MR) is 116 cm³/mol. The molecular weight excluding hydrogens is 396 g/mol. The first-order valence-electron chi connectivity index (χ1n) is 10.3. The number of esters is 1. The second kappa shape index (κ2) is 9.12. The molecule has 0 radical (unpaired) electrons. The van der Waals surface area contributed by atoms with E-state index in [-0.39, 0.29) is 28.5 Å². The lowest BCUT2D eigenvalue weighted by atomic mass is 10.1. The molecule has 3 rings (SSSR count). The van der Waals surface area contributed by atoms with Crippen LogP contribution in [0.2, 0.25) is 0 Å². The quantitative estimate of drug-likeness (QED) is 0.543. The maximum absolute atomic E-state index is 12.6. The molecule has 2 aromatic rings. The average Bonchev–Trinajstić information content (AvgIpc) is 2.98. The van der Waals surface area contributed by atoms with Gasteiger partial charge in [-0.05, 0) is 55.2 Å². The Kier molecular flexibility index (Phi) is 6.53. The van der Waals surface area contributed by atoms with Crippen molar-refractivity contribution in [1.82, 2.24) is 4.90 Å². The van der Waals surface area contributed by atoms with Crippen LogP contribution in [0.25, 0.3) is 0 Å². The molecule has 162 valence electrons. The van der Waals surface area contributed by atoms with E-state index in [1.54, 1.807) is 12.1 Å². The van der Waals surface area contributed by atoms with Crippen molar-refractivity contribution in [1.29, 1.82) is 0 Å². The third kappa shape index (κ3) is 4.82. The minimum Gasteiger partial charge on any atom is -0.449 e. The van der Waals surface area contributed by atoms with Crippen molar-refractivity contribution in [2.24, 2.45) is 5.92 Å². The summed E-state index contributed by atoms with van der Waals surface area (Å²) in [6, 6.07) is 11.6. The van der Waals surface area contributed by atoms with Crippen molar-refractivity contribution < 1.29 is 23.9 Å². The number of amides is 3. The first-order valence-corrected chi connectivity index (χ1v) is 10.3. The van der Waals surface area contributed by atoms with E-state index in [0.717, 1.165) is 12.0 Å². The maximum Gasteiger partial charge on any atom is 0.338 e. The van der Waals surface area contributed by atoms with Crippen molar-refractivity contribution in [3.05, 3.63) is 64.7 Å². The number of ether oxygens (including phenoxy) is 1. The molecule has 0 saturated heterocycles. The lowest BCUT2D eigenvalue weighted by Gasteiger charge is -2.15. The topological polar surface area (TPSA) is 92.8 Å². The van der Waals surface area contributed by atoms with Crippen LogP contribution in [0.3, 0.4) is 0 Å². The van der Waals surface area contributed by atoms with Gasteiger partial charge in [-0.15, -0.1) is 0 Å². The Balaban J connectivity index is 1.67. The van der Waals surface area contributed by atoms with Gasteiger partial charge in [0.05, 0.1) is 16.7 Å². The van der Waals surface area contributed by atoms with Gasteiger partial charge in [0, 0.05) is 12.2 Å². The highest BCUT2D eigenvalue weighted by atomic mass is 16.5. The molecule has 3 amide bonds. The zero-order valence-electron chi connectivity index (χ0n) is 18.1. The first-order chi connectivity index (χ1) is 14.7. The summed E-state index contributed by atoms with van der Waals surface area (Å²) in [5.41, 5.74) is 2.31. The number of hydrogen-bond donors (Lipinski definition) is 1. The van der Waals surface area contributed by atoms with Gasteiger partial charge in [0.1, 0.15) is 0 Å². The molecule has 2 aromatic carbocycles. The van der Waals surface area contributed by atoms with E-state index >= 15 is 0 Å². The van der Waals surface area contributed by atoms with Crippen LogP contribution in [0.5, 0.6) is 0 Å². The third-order valence-electron chi connectivity index (χ3n) is 5.04. The molecule has 0 unspecified atom stereocenters. The second-order valence-electron chi connectivity index (χ2n) is 7.96. The highest BCUT2D eigenvalue weighted by molar-refractivity contribution is 6.22. The largest absolute Gasteiger partial charge is 0.449 e. The smallest absolute Gasteiger partial charge is 0.338 e. The molecule has 0 spiro atoms. The number of carbonyl (C=O) groups is 4. The van der Waals surface area contributed by atoms with Crippen LogP contribution in [0.15, 0.2) is 42.5 Å². The Morgan fingerprint density at radius 1 is 0.968 bits per heavy atom. The number of imide groups is 1.